The molecule has 0 aliphatic heterocycles. The van der Waals surface area contributed by atoms with E-state index in [1.807, 2.05) is 24.3 Å². The molecule has 21 heavy (non-hydrogen) atoms. The molecular formula is C18H27NO2. The summed E-state index contributed by atoms with van der Waals surface area (Å²) in [5, 5.41) is 8.68. The number of hydrogen-bond acceptors (Lipinski definition) is 3. The summed E-state index contributed by atoms with van der Waals surface area (Å²) in [6.07, 6.45) is 2.88. The van der Waals surface area contributed by atoms with E-state index in [4.69, 9.17) is 9.84 Å². The highest BCUT2D eigenvalue weighted by Gasteiger charge is 2.02. The number of ether oxygens (including phenoxy) is 1. The summed E-state index contributed by atoms with van der Waals surface area (Å²) in [7, 11) is 0. The van der Waals surface area contributed by atoms with E-state index in [1.54, 1.807) is 0 Å². The van der Waals surface area contributed by atoms with Gasteiger partial charge in [0.15, 0.2) is 0 Å². The predicted molar refractivity (Wildman–Crippen MR) is 87.5 cm³/mol. The van der Waals surface area contributed by atoms with Crippen molar-refractivity contribution >= 4 is 0 Å². The molecule has 0 heterocycles. The van der Waals surface area contributed by atoms with Gasteiger partial charge in [0.05, 0.1) is 6.61 Å². The van der Waals surface area contributed by atoms with Gasteiger partial charge in [-0.05, 0) is 50.2 Å². The maximum Gasteiger partial charge on any atom is 0.119 e. The molecule has 3 nitrogen and oxygen atoms in total. The minimum Gasteiger partial charge on any atom is -0.492 e. The Bertz CT molecular complexity index is 425. The van der Waals surface area contributed by atoms with Crippen LogP contribution in [0.15, 0.2) is 24.3 Å². The number of nitrogens with zero attached hydrogens (tertiary/aromatic N) is 1. The molecule has 0 radical (unpaired) electrons. The van der Waals surface area contributed by atoms with Crippen LogP contribution in [0.1, 0.15) is 38.7 Å². The molecule has 1 rings (SSSR count). The average Bonchev–Trinajstić information content (AvgIpc) is 2.49. The van der Waals surface area contributed by atoms with Crippen LogP contribution in [0.5, 0.6) is 5.75 Å². The summed E-state index contributed by atoms with van der Waals surface area (Å²) in [5.74, 6) is 6.80. The monoisotopic (exact) mass is 289 g/mol. The van der Waals surface area contributed by atoms with Crippen molar-refractivity contribution in [1.82, 2.24) is 4.90 Å². The topological polar surface area (TPSA) is 32.7 Å². The zero-order chi connectivity index (χ0) is 15.3. The fraction of sp³-hybridized carbons (Fsp3) is 0.556. The van der Waals surface area contributed by atoms with Crippen molar-refractivity contribution in [3.05, 3.63) is 29.8 Å². The Morgan fingerprint density at radius 3 is 2.29 bits per heavy atom. The third kappa shape index (κ3) is 7.75. The summed E-state index contributed by atoms with van der Waals surface area (Å²) in [6, 6.07) is 7.81. The second-order valence-corrected chi connectivity index (χ2v) is 4.99. The molecule has 0 unspecified atom stereocenters. The highest BCUT2D eigenvalue weighted by Crippen LogP contribution is 2.11. The van der Waals surface area contributed by atoms with Gasteiger partial charge in [-0.25, -0.2) is 0 Å². The fourth-order valence-corrected chi connectivity index (χ4v) is 2.12. The molecule has 0 fully saturated rings. The lowest BCUT2D eigenvalue weighted by atomic mass is 10.2. The van der Waals surface area contributed by atoms with E-state index in [2.05, 4.69) is 30.6 Å². The lowest BCUT2D eigenvalue weighted by Crippen LogP contribution is -2.30. The number of rotatable bonds is 9. The summed E-state index contributed by atoms with van der Waals surface area (Å²) < 4.78 is 5.78. The highest BCUT2D eigenvalue weighted by atomic mass is 16.5. The lowest BCUT2D eigenvalue weighted by Gasteiger charge is -2.20. The molecule has 116 valence electrons. The van der Waals surface area contributed by atoms with Gasteiger partial charge < -0.3 is 9.84 Å². The van der Waals surface area contributed by atoms with Crippen LogP contribution in [0.25, 0.3) is 0 Å². The number of hydrogen-bond donors (Lipinski definition) is 1. The first-order valence-corrected chi connectivity index (χ1v) is 7.85. The second-order valence-electron chi connectivity index (χ2n) is 4.99. The largest absolute Gasteiger partial charge is 0.492 e. The van der Waals surface area contributed by atoms with E-state index in [-0.39, 0.29) is 6.61 Å². The first kappa shape index (κ1) is 17.6. The smallest absolute Gasteiger partial charge is 0.119 e. The number of aliphatic hydroxyl groups is 1. The van der Waals surface area contributed by atoms with E-state index in [9.17, 15) is 0 Å². The Labute approximate surface area is 128 Å². The minimum atomic E-state index is 0.111. The highest BCUT2D eigenvalue weighted by molar-refractivity contribution is 5.38. The molecule has 0 bridgehead atoms. The predicted octanol–water partition coefficient (Wildman–Crippen LogP) is 2.92. The van der Waals surface area contributed by atoms with Gasteiger partial charge in [-0.15, -0.1) is 0 Å². The fourth-order valence-electron chi connectivity index (χ4n) is 2.12. The van der Waals surface area contributed by atoms with Crippen LogP contribution in [0.3, 0.4) is 0 Å². The first-order chi connectivity index (χ1) is 10.3. The number of aliphatic hydroxyl groups excluding tert-OH is 1. The summed E-state index contributed by atoms with van der Waals surface area (Å²) in [6.45, 7) is 8.49. The quantitative estimate of drug-likeness (QED) is 0.710. The molecule has 0 atom stereocenters. The van der Waals surface area contributed by atoms with Gasteiger partial charge in [0.1, 0.15) is 12.4 Å². The molecule has 1 N–H and O–H groups in total. The molecule has 0 saturated carbocycles. The zero-order valence-electron chi connectivity index (χ0n) is 13.3. The van der Waals surface area contributed by atoms with E-state index < -0.39 is 0 Å². The van der Waals surface area contributed by atoms with E-state index in [0.29, 0.717) is 6.42 Å². The molecular weight excluding hydrogens is 262 g/mol. The van der Waals surface area contributed by atoms with Crippen molar-refractivity contribution in [2.75, 3.05) is 32.8 Å². The Morgan fingerprint density at radius 2 is 1.71 bits per heavy atom. The van der Waals surface area contributed by atoms with Crippen molar-refractivity contribution in [1.29, 1.82) is 0 Å². The van der Waals surface area contributed by atoms with Gasteiger partial charge in [0.2, 0.25) is 0 Å². The Morgan fingerprint density at radius 1 is 1.05 bits per heavy atom. The lowest BCUT2D eigenvalue weighted by molar-refractivity contribution is 0.209. The van der Waals surface area contributed by atoms with Crippen molar-refractivity contribution in [2.24, 2.45) is 0 Å². The average molecular weight is 289 g/mol. The van der Waals surface area contributed by atoms with E-state index in [1.165, 1.54) is 12.8 Å². The van der Waals surface area contributed by atoms with Crippen LogP contribution in [-0.4, -0.2) is 42.9 Å². The SMILES string of the molecule is CCCN(CCC)CCOc1ccc(C#CCCO)cc1. The van der Waals surface area contributed by atoms with E-state index in [0.717, 1.165) is 37.6 Å². The molecule has 0 amide bonds. The van der Waals surface area contributed by atoms with Crippen molar-refractivity contribution in [3.63, 3.8) is 0 Å². The molecule has 3 heteroatoms. The normalized spacial score (nSPS) is 10.3. The molecule has 1 aromatic carbocycles. The van der Waals surface area contributed by atoms with Crippen LogP contribution >= 0.6 is 0 Å². The van der Waals surface area contributed by atoms with Crippen LogP contribution in [0.4, 0.5) is 0 Å². The van der Waals surface area contributed by atoms with Crippen molar-refractivity contribution < 1.29 is 9.84 Å². The van der Waals surface area contributed by atoms with Gasteiger partial charge in [0.25, 0.3) is 0 Å². The Balaban J connectivity index is 2.37. The summed E-state index contributed by atoms with van der Waals surface area (Å²) >= 11 is 0. The van der Waals surface area contributed by atoms with Crippen molar-refractivity contribution in [2.45, 2.75) is 33.1 Å². The zero-order valence-corrected chi connectivity index (χ0v) is 13.3. The molecule has 0 aliphatic carbocycles. The maximum absolute atomic E-state index is 8.68. The maximum atomic E-state index is 8.68. The molecule has 0 spiro atoms. The summed E-state index contributed by atoms with van der Waals surface area (Å²) in [5.41, 5.74) is 0.953. The molecule has 0 aliphatic rings. The van der Waals surface area contributed by atoms with Crippen LogP contribution in [0, 0.1) is 11.8 Å². The van der Waals surface area contributed by atoms with E-state index >= 15 is 0 Å². The van der Waals surface area contributed by atoms with Gasteiger partial charge in [-0.1, -0.05) is 25.7 Å². The molecule has 1 aromatic rings. The van der Waals surface area contributed by atoms with Gasteiger partial charge >= 0.3 is 0 Å². The van der Waals surface area contributed by atoms with Gasteiger partial charge in [-0.3, -0.25) is 4.90 Å². The van der Waals surface area contributed by atoms with Crippen LogP contribution < -0.4 is 4.74 Å². The molecule has 0 saturated heterocycles. The molecule has 0 aromatic heterocycles. The Hall–Kier alpha value is -1.50. The first-order valence-electron chi connectivity index (χ1n) is 7.85. The van der Waals surface area contributed by atoms with Crippen molar-refractivity contribution in [3.8, 4) is 17.6 Å². The van der Waals surface area contributed by atoms with Crippen LogP contribution in [0.2, 0.25) is 0 Å². The third-order valence-corrected chi connectivity index (χ3v) is 3.08. The second kappa shape index (κ2) is 11.2. The third-order valence-electron chi connectivity index (χ3n) is 3.08. The standard InChI is InChI=1S/C18H27NO2/c1-3-12-19(13-4-2)14-16-21-18-10-8-17(9-11-18)7-5-6-15-20/h8-11,20H,3-4,6,12-16H2,1-2H3. The number of benzene rings is 1. The Kier molecular flexibility index (Phi) is 9.35. The van der Waals surface area contributed by atoms with Crippen LogP contribution in [-0.2, 0) is 0 Å². The summed E-state index contributed by atoms with van der Waals surface area (Å²) in [4.78, 5) is 2.44. The minimum absolute atomic E-state index is 0.111. The van der Waals surface area contributed by atoms with Gasteiger partial charge in [0, 0.05) is 18.5 Å². The van der Waals surface area contributed by atoms with Gasteiger partial charge in [-0.2, -0.15) is 0 Å².